The van der Waals surface area contributed by atoms with Gasteiger partial charge in [-0.1, -0.05) is 11.3 Å². The van der Waals surface area contributed by atoms with Crippen molar-refractivity contribution in [2.75, 3.05) is 26.3 Å². The van der Waals surface area contributed by atoms with Crippen LogP contribution in [0.15, 0.2) is 23.0 Å². The van der Waals surface area contributed by atoms with E-state index in [0.29, 0.717) is 25.4 Å². The standard InChI is InChI=1S/C18H20N6O3/c25-18-15-17(20-16(21-18)12-3-5-19-6-4-12)24(23-22-15)10-11-1-2-13-14(9-11)27-8-7-26-13/h1-2,9,12,19H,3-8,10H2,(H,20,21,25). The highest BCUT2D eigenvalue weighted by molar-refractivity contribution is 5.68. The molecule has 0 bridgehead atoms. The number of H-pyrrole nitrogens is 1. The van der Waals surface area contributed by atoms with Crippen LogP contribution < -0.4 is 20.3 Å². The molecule has 9 nitrogen and oxygen atoms in total. The van der Waals surface area contributed by atoms with E-state index in [4.69, 9.17) is 14.5 Å². The number of fused-ring (bicyclic) bond motifs is 2. The van der Waals surface area contributed by atoms with Gasteiger partial charge in [-0.2, -0.15) is 0 Å². The van der Waals surface area contributed by atoms with Gasteiger partial charge in [-0.3, -0.25) is 4.79 Å². The molecule has 3 aromatic rings. The van der Waals surface area contributed by atoms with Crippen molar-refractivity contribution in [3.8, 4) is 11.5 Å². The smallest absolute Gasteiger partial charge is 0.281 e. The number of hydrogen-bond donors (Lipinski definition) is 2. The van der Waals surface area contributed by atoms with Crippen LogP contribution in [0, 0.1) is 0 Å². The second-order valence-corrected chi connectivity index (χ2v) is 6.87. The molecule has 0 radical (unpaired) electrons. The van der Waals surface area contributed by atoms with Gasteiger partial charge in [0, 0.05) is 5.92 Å². The Hall–Kier alpha value is -2.94. The van der Waals surface area contributed by atoms with Crippen LogP contribution in [0.2, 0.25) is 0 Å². The van der Waals surface area contributed by atoms with Crippen LogP contribution in [0.25, 0.3) is 11.2 Å². The van der Waals surface area contributed by atoms with Gasteiger partial charge in [-0.25, -0.2) is 9.67 Å². The maximum atomic E-state index is 12.4. The zero-order valence-corrected chi connectivity index (χ0v) is 14.8. The molecule has 0 amide bonds. The van der Waals surface area contributed by atoms with Crippen molar-refractivity contribution in [1.82, 2.24) is 30.3 Å². The Morgan fingerprint density at radius 3 is 2.81 bits per heavy atom. The zero-order valence-electron chi connectivity index (χ0n) is 14.8. The van der Waals surface area contributed by atoms with Crippen molar-refractivity contribution in [3.05, 3.63) is 39.9 Å². The zero-order chi connectivity index (χ0) is 18.2. The fraction of sp³-hybridized carbons (Fsp3) is 0.444. The van der Waals surface area contributed by atoms with Gasteiger partial charge in [0.25, 0.3) is 5.56 Å². The maximum absolute atomic E-state index is 12.4. The van der Waals surface area contributed by atoms with Gasteiger partial charge < -0.3 is 19.8 Å². The molecule has 140 valence electrons. The molecule has 1 aromatic carbocycles. The van der Waals surface area contributed by atoms with Crippen LogP contribution >= 0.6 is 0 Å². The van der Waals surface area contributed by atoms with E-state index < -0.39 is 0 Å². The number of ether oxygens (including phenoxy) is 2. The van der Waals surface area contributed by atoms with E-state index in [-0.39, 0.29) is 17.0 Å². The molecule has 2 aromatic heterocycles. The molecule has 2 aliphatic heterocycles. The summed E-state index contributed by atoms with van der Waals surface area (Å²) in [5.74, 6) is 2.45. The first-order valence-electron chi connectivity index (χ1n) is 9.20. The van der Waals surface area contributed by atoms with Gasteiger partial charge in [0.15, 0.2) is 22.7 Å². The molecule has 9 heteroatoms. The number of hydrogen-bond acceptors (Lipinski definition) is 7. The number of aromatic amines is 1. The first kappa shape index (κ1) is 16.2. The summed E-state index contributed by atoms with van der Waals surface area (Å²) in [6.07, 6.45) is 1.91. The summed E-state index contributed by atoms with van der Waals surface area (Å²) in [5.41, 5.74) is 1.53. The third kappa shape index (κ3) is 3.03. The Morgan fingerprint density at radius 2 is 1.96 bits per heavy atom. The fourth-order valence-electron chi connectivity index (χ4n) is 3.64. The summed E-state index contributed by atoms with van der Waals surface area (Å²) < 4.78 is 12.9. The van der Waals surface area contributed by atoms with Crippen LogP contribution in [-0.4, -0.2) is 51.3 Å². The molecule has 0 unspecified atom stereocenters. The summed E-state index contributed by atoms with van der Waals surface area (Å²) in [6, 6.07) is 5.79. The van der Waals surface area contributed by atoms with Gasteiger partial charge >= 0.3 is 0 Å². The molecule has 1 fully saturated rings. The SMILES string of the molecule is O=c1[nH]c(C2CCNCC2)nc2c1nnn2Cc1ccc2c(c1)OCCO2. The van der Waals surface area contributed by atoms with Crippen molar-refractivity contribution in [2.24, 2.45) is 0 Å². The summed E-state index contributed by atoms with van der Waals surface area (Å²) in [6.45, 7) is 3.42. The Balaban J connectivity index is 1.49. The van der Waals surface area contributed by atoms with Gasteiger partial charge in [0.1, 0.15) is 19.0 Å². The molecule has 2 aliphatic rings. The minimum Gasteiger partial charge on any atom is -0.486 e. The first-order chi connectivity index (χ1) is 13.3. The lowest BCUT2D eigenvalue weighted by Gasteiger charge is -2.21. The first-order valence-corrected chi connectivity index (χ1v) is 9.20. The van der Waals surface area contributed by atoms with E-state index in [2.05, 4.69) is 20.6 Å². The lowest BCUT2D eigenvalue weighted by molar-refractivity contribution is 0.171. The molecule has 0 spiro atoms. The predicted octanol–water partition coefficient (Wildman–Crippen LogP) is 0.801. The Bertz CT molecular complexity index is 1040. The average molecular weight is 368 g/mol. The van der Waals surface area contributed by atoms with Gasteiger partial charge in [-0.05, 0) is 43.6 Å². The number of rotatable bonds is 3. The van der Waals surface area contributed by atoms with Crippen molar-refractivity contribution >= 4 is 11.2 Å². The van der Waals surface area contributed by atoms with Crippen LogP contribution in [0.3, 0.4) is 0 Å². The Kier molecular flexibility index (Phi) is 4.01. The van der Waals surface area contributed by atoms with Crippen molar-refractivity contribution in [2.45, 2.75) is 25.3 Å². The third-order valence-electron chi connectivity index (χ3n) is 5.06. The molecule has 27 heavy (non-hydrogen) atoms. The quantitative estimate of drug-likeness (QED) is 0.704. The summed E-state index contributed by atoms with van der Waals surface area (Å²) in [4.78, 5) is 20.0. The second-order valence-electron chi connectivity index (χ2n) is 6.87. The van der Waals surface area contributed by atoms with Crippen LogP contribution in [0.4, 0.5) is 0 Å². The predicted molar refractivity (Wildman–Crippen MR) is 97.3 cm³/mol. The topological polar surface area (TPSA) is 107 Å². The number of piperidine rings is 1. The number of benzene rings is 1. The minimum atomic E-state index is -0.234. The monoisotopic (exact) mass is 368 g/mol. The molecule has 2 N–H and O–H groups in total. The molecule has 1 saturated heterocycles. The molecule has 0 atom stereocenters. The molecule has 5 rings (SSSR count). The molecular formula is C18H20N6O3. The summed E-state index contributed by atoms with van der Waals surface area (Å²) >= 11 is 0. The number of nitrogens with one attached hydrogen (secondary N) is 2. The maximum Gasteiger partial charge on any atom is 0.281 e. The fourth-order valence-corrected chi connectivity index (χ4v) is 3.64. The van der Waals surface area contributed by atoms with Crippen molar-refractivity contribution in [1.29, 1.82) is 0 Å². The molecule has 0 saturated carbocycles. The van der Waals surface area contributed by atoms with Gasteiger partial charge in [0.2, 0.25) is 0 Å². The molecule has 4 heterocycles. The van der Waals surface area contributed by atoms with E-state index in [1.807, 2.05) is 18.2 Å². The highest BCUT2D eigenvalue weighted by atomic mass is 16.6. The molecule has 0 aliphatic carbocycles. The van der Waals surface area contributed by atoms with E-state index in [9.17, 15) is 4.79 Å². The lowest BCUT2D eigenvalue weighted by Crippen LogP contribution is -2.28. The molecular weight excluding hydrogens is 348 g/mol. The highest BCUT2D eigenvalue weighted by Gasteiger charge is 2.21. The van der Waals surface area contributed by atoms with E-state index >= 15 is 0 Å². The van der Waals surface area contributed by atoms with Crippen LogP contribution in [0.5, 0.6) is 11.5 Å². The number of aromatic nitrogens is 5. The van der Waals surface area contributed by atoms with Crippen molar-refractivity contribution < 1.29 is 9.47 Å². The van der Waals surface area contributed by atoms with Crippen molar-refractivity contribution in [3.63, 3.8) is 0 Å². The van der Waals surface area contributed by atoms with E-state index in [0.717, 1.165) is 48.8 Å². The normalized spacial score (nSPS) is 17.3. The van der Waals surface area contributed by atoms with Gasteiger partial charge in [-0.15, -0.1) is 5.10 Å². The second kappa shape index (κ2) is 6.66. The highest BCUT2D eigenvalue weighted by Crippen LogP contribution is 2.31. The average Bonchev–Trinajstić information content (AvgIpc) is 3.12. The summed E-state index contributed by atoms with van der Waals surface area (Å²) in [5, 5.41) is 11.5. The van der Waals surface area contributed by atoms with E-state index in [1.54, 1.807) is 4.68 Å². The minimum absolute atomic E-state index is 0.234. The lowest BCUT2D eigenvalue weighted by atomic mass is 9.97. The number of nitrogens with zero attached hydrogens (tertiary/aromatic N) is 4. The van der Waals surface area contributed by atoms with E-state index in [1.165, 1.54) is 0 Å². The third-order valence-corrected chi connectivity index (χ3v) is 5.06. The Morgan fingerprint density at radius 1 is 1.15 bits per heavy atom. The Labute approximate surface area is 154 Å². The van der Waals surface area contributed by atoms with Crippen LogP contribution in [0.1, 0.15) is 30.1 Å². The summed E-state index contributed by atoms with van der Waals surface area (Å²) in [7, 11) is 0. The van der Waals surface area contributed by atoms with Crippen LogP contribution in [-0.2, 0) is 6.54 Å². The largest absolute Gasteiger partial charge is 0.486 e. The van der Waals surface area contributed by atoms with Gasteiger partial charge in [0.05, 0.1) is 6.54 Å².